The largest absolute Gasteiger partial charge is 0.375 e. The number of nitrogens with one attached hydrogen (secondary N) is 2. The molecule has 170 valence electrons. The highest BCUT2D eigenvalue weighted by atomic mass is 19.1. The number of aryl methyl sites for hydroxylation is 1. The van der Waals surface area contributed by atoms with Crippen molar-refractivity contribution in [1.82, 2.24) is 5.32 Å². The van der Waals surface area contributed by atoms with Crippen LogP contribution < -0.4 is 15.5 Å². The van der Waals surface area contributed by atoms with Gasteiger partial charge in [0.05, 0.1) is 6.10 Å². The monoisotopic (exact) mass is 441 g/mol. The lowest BCUT2D eigenvalue weighted by molar-refractivity contribution is -0.136. The van der Waals surface area contributed by atoms with Gasteiger partial charge in [0, 0.05) is 37.5 Å². The fourth-order valence-electron chi connectivity index (χ4n) is 3.69. The number of ether oxygens (including phenoxy) is 1. The summed E-state index contributed by atoms with van der Waals surface area (Å²) in [4.78, 5) is 39.0. The van der Waals surface area contributed by atoms with Gasteiger partial charge in [0.1, 0.15) is 5.82 Å². The van der Waals surface area contributed by atoms with Gasteiger partial charge in [0.2, 0.25) is 5.91 Å². The van der Waals surface area contributed by atoms with E-state index in [9.17, 15) is 18.8 Å². The molecule has 2 aromatic carbocycles. The van der Waals surface area contributed by atoms with Gasteiger partial charge in [-0.1, -0.05) is 32.0 Å². The molecule has 0 radical (unpaired) electrons. The maximum Gasteiger partial charge on any atom is 0.313 e. The van der Waals surface area contributed by atoms with Gasteiger partial charge in [0.25, 0.3) is 0 Å². The van der Waals surface area contributed by atoms with Crippen LogP contribution in [0.1, 0.15) is 37.5 Å². The number of fused-ring (bicyclic) bond motifs is 1. The van der Waals surface area contributed by atoms with Gasteiger partial charge in [0.15, 0.2) is 0 Å². The third-order valence-electron chi connectivity index (χ3n) is 5.38. The van der Waals surface area contributed by atoms with Crippen LogP contribution in [0.4, 0.5) is 15.8 Å². The summed E-state index contributed by atoms with van der Waals surface area (Å²) in [7, 11) is 1.44. The van der Waals surface area contributed by atoms with E-state index in [1.54, 1.807) is 29.2 Å². The Hall–Kier alpha value is -3.26. The minimum atomic E-state index is -0.837. The highest BCUT2D eigenvalue weighted by Crippen LogP contribution is 2.31. The van der Waals surface area contributed by atoms with Crippen molar-refractivity contribution >= 4 is 29.1 Å². The van der Waals surface area contributed by atoms with Gasteiger partial charge in [-0.15, -0.1) is 0 Å². The number of rotatable bonds is 6. The number of carbonyl (C=O) groups is 3. The molecule has 0 fully saturated rings. The molecule has 3 amide bonds. The molecule has 0 spiro atoms. The third-order valence-corrected chi connectivity index (χ3v) is 5.38. The number of methoxy groups -OCH3 is 1. The third kappa shape index (κ3) is 5.50. The molecule has 0 bridgehead atoms. The molecule has 0 saturated heterocycles. The van der Waals surface area contributed by atoms with E-state index in [-0.39, 0.29) is 18.4 Å². The lowest BCUT2D eigenvalue weighted by atomic mass is 9.99. The van der Waals surface area contributed by atoms with Crippen LogP contribution in [0, 0.1) is 11.7 Å². The molecule has 0 aliphatic carbocycles. The molecule has 8 heteroatoms. The van der Waals surface area contributed by atoms with E-state index in [1.165, 1.54) is 19.2 Å². The Morgan fingerprint density at radius 3 is 2.59 bits per heavy atom. The maximum atomic E-state index is 13.4. The van der Waals surface area contributed by atoms with Crippen molar-refractivity contribution < 1.29 is 23.5 Å². The minimum Gasteiger partial charge on any atom is -0.375 e. The zero-order chi connectivity index (χ0) is 23.3. The Morgan fingerprint density at radius 2 is 1.91 bits per heavy atom. The first kappa shape index (κ1) is 23.4. The van der Waals surface area contributed by atoms with Crippen LogP contribution in [0.2, 0.25) is 0 Å². The summed E-state index contributed by atoms with van der Waals surface area (Å²) < 4.78 is 18.7. The minimum absolute atomic E-state index is 0.00701. The second kappa shape index (κ2) is 10.4. The molecule has 1 atom stereocenters. The normalized spacial score (nSPS) is 14.0. The molecule has 0 saturated carbocycles. The van der Waals surface area contributed by atoms with Gasteiger partial charge in [-0.3, -0.25) is 14.4 Å². The van der Waals surface area contributed by atoms with Crippen LogP contribution in [0.15, 0.2) is 42.5 Å². The summed E-state index contributed by atoms with van der Waals surface area (Å²) in [5, 5.41) is 5.09. The van der Waals surface area contributed by atoms with Crippen molar-refractivity contribution in [2.75, 3.05) is 30.4 Å². The number of amides is 3. The van der Waals surface area contributed by atoms with Crippen molar-refractivity contribution in [2.24, 2.45) is 5.92 Å². The summed E-state index contributed by atoms with van der Waals surface area (Å²) in [5.74, 6) is -2.20. The topological polar surface area (TPSA) is 87.7 Å². The summed E-state index contributed by atoms with van der Waals surface area (Å²) in [6.45, 7) is 4.33. The zero-order valence-corrected chi connectivity index (χ0v) is 18.5. The molecule has 0 aromatic heterocycles. The summed E-state index contributed by atoms with van der Waals surface area (Å²) in [5.41, 5.74) is 2.78. The van der Waals surface area contributed by atoms with Crippen molar-refractivity contribution in [1.29, 1.82) is 0 Å². The number of halogens is 1. The van der Waals surface area contributed by atoms with Gasteiger partial charge >= 0.3 is 11.8 Å². The summed E-state index contributed by atoms with van der Waals surface area (Å²) in [6, 6.07) is 11.2. The molecular weight excluding hydrogens is 413 g/mol. The molecular formula is C24H28FN3O4. The maximum absolute atomic E-state index is 13.4. The van der Waals surface area contributed by atoms with Gasteiger partial charge < -0.3 is 20.3 Å². The molecule has 2 aromatic rings. The molecule has 2 N–H and O–H groups in total. The average molecular weight is 442 g/mol. The van der Waals surface area contributed by atoms with E-state index >= 15 is 0 Å². The highest BCUT2D eigenvalue weighted by Gasteiger charge is 2.25. The molecule has 0 unspecified atom stereocenters. The number of hydrogen-bond acceptors (Lipinski definition) is 4. The quantitative estimate of drug-likeness (QED) is 0.674. The smallest absolute Gasteiger partial charge is 0.313 e. The van der Waals surface area contributed by atoms with E-state index < -0.39 is 23.7 Å². The van der Waals surface area contributed by atoms with Crippen LogP contribution in [0.5, 0.6) is 0 Å². The standard InChI is InChI=1S/C24H28FN3O4/c1-15(2)24(31)28-11-5-7-16-9-10-19(13-20(16)28)27-23(30)22(29)26-14-21(32-3)17-6-4-8-18(25)12-17/h4,6,8-10,12-13,15,21H,5,7,11,14H2,1-3H3,(H,26,29)(H,27,30)/t21-/m0/s1. The first-order valence-corrected chi connectivity index (χ1v) is 10.6. The fourth-order valence-corrected chi connectivity index (χ4v) is 3.69. The number of hydrogen-bond donors (Lipinski definition) is 2. The first-order chi connectivity index (χ1) is 15.3. The van der Waals surface area contributed by atoms with E-state index in [2.05, 4.69) is 10.6 Å². The van der Waals surface area contributed by atoms with Crippen LogP contribution in [0.3, 0.4) is 0 Å². The fraction of sp³-hybridized carbons (Fsp3) is 0.375. The Balaban J connectivity index is 1.64. The van der Waals surface area contributed by atoms with Crippen molar-refractivity contribution in [3.8, 4) is 0 Å². The number of nitrogens with zero attached hydrogens (tertiary/aromatic N) is 1. The van der Waals surface area contributed by atoms with E-state index in [0.29, 0.717) is 17.8 Å². The zero-order valence-electron chi connectivity index (χ0n) is 18.5. The molecule has 7 nitrogen and oxygen atoms in total. The van der Waals surface area contributed by atoms with Crippen molar-refractivity contribution in [2.45, 2.75) is 32.8 Å². The van der Waals surface area contributed by atoms with Gasteiger partial charge in [-0.05, 0) is 48.2 Å². The van der Waals surface area contributed by atoms with Crippen LogP contribution >= 0.6 is 0 Å². The highest BCUT2D eigenvalue weighted by molar-refractivity contribution is 6.39. The van der Waals surface area contributed by atoms with Crippen LogP contribution in [-0.4, -0.2) is 37.9 Å². The Labute approximate surface area is 186 Å². The molecule has 1 heterocycles. The number of anilines is 2. The second-order valence-corrected chi connectivity index (χ2v) is 8.04. The van der Waals surface area contributed by atoms with Crippen LogP contribution in [-0.2, 0) is 25.5 Å². The second-order valence-electron chi connectivity index (χ2n) is 8.04. The van der Waals surface area contributed by atoms with E-state index in [4.69, 9.17) is 4.74 Å². The van der Waals surface area contributed by atoms with E-state index in [0.717, 1.165) is 24.1 Å². The predicted molar refractivity (Wildman–Crippen MR) is 120 cm³/mol. The Morgan fingerprint density at radius 1 is 1.12 bits per heavy atom. The number of benzene rings is 2. The Kier molecular flexibility index (Phi) is 7.58. The van der Waals surface area contributed by atoms with Crippen molar-refractivity contribution in [3.63, 3.8) is 0 Å². The lowest BCUT2D eigenvalue weighted by Gasteiger charge is -2.31. The molecule has 1 aliphatic heterocycles. The first-order valence-electron chi connectivity index (χ1n) is 10.6. The lowest BCUT2D eigenvalue weighted by Crippen LogP contribution is -2.39. The molecule has 3 rings (SSSR count). The number of carbonyl (C=O) groups excluding carboxylic acids is 3. The van der Waals surface area contributed by atoms with Gasteiger partial charge in [-0.2, -0.15) is 0 Å². The summed E-state index contributed by atoms with van der Waals surface area (Å²) in [6.07, 6.45) is 1.14. The van der Waals surface area contributed by atoms with Gasteiger partial charge in [-0.25, -0.2) is 4.39 Å². The molecule has 1 aliphatic rings. The predicted octanol–water partition coefficient (Wildman–Crippen LogP) is 3.20. The van der Waals surface area contributed by atoms with Crippen molar-refractivity contribution in [3.05, 3.63) is 59.4 Å². The molecule has 32 heavy (non-hydrogen) atoms. The Bertz CT molecular complexity index is 1010. The average Bonchev–Trinajstić information content (AvgIpc) is 2.78. The van der Waals surface area contributed by atoms with Crippen LogP contribution in [0.25, 0.3) is 0 Å². The summed E-state index contributed by atoms with van der Waals surface area (Å²) >= 11 is 0. The van der Waals surface area contributed by atoms with E-state index in [1.807, 2.05) is 19.9 Å². The SMILES string of the molecule is CO[C@@H](CNC(=O)C(=O)Nc1ccc2c(c1)N(C(=O)C(C)C)CCC2)c1cccc(F)c1.